The smallest absolute Gasteiger partial charge is 0.355 e. The highest BCUT2D eigenvalue weighted by atomic mass is 32.2. The highest BCUT2D eigenvalue weighted by molar-refractivity contribution is 8.00. The van der Waals surface area contributed by atoms with Crippen molar-refractivity contribution in [1.82, 2.24) is 10.2 Å². The number of rotatable bonds is 8. The van der Waals surface area contributed by atoms with Crippen LogP contribution in [-0.2, 0) is 4.79 Å². The van der Waals surface area contributed by atoms with E-state index in [1.807, 2.05) is 13.8 Å². The maximum atomic E-state index is 12.5. The first-order valence-corrected chi connectivity index (χ1v) is 8.50. The fourth-order valence-electron chi connectivity index (χ4n) is 2.00. The summed E-state index contributed by atoms with van der Waals surface area (Å²) in [6.07, 6.45) is 1.47. The molecular formula is C16H21F3N2O2S. The van der Waals surface area contributed by atoms with Gasteiger partial charge in [-0.2, -0.15) is 13.2 Å². The first-order valence-electron chi connectivity index (χ1n) is 7.68. The minimum Gasteiger partial charge on any atom is -0.355 e. The topological polar surface area (TPSA) is 49.4 Å². The van der Waals surface area contributed by atoms with Crippen molar-refractivity contribution in [3.63, 3.8) is 0 Å². The molecule has 4 nitrogen and oxygen atoms in total. The van der Waals surface area contributed by atoms with Crippen molar-refractivity contribution in [3.8, 4) is 0 Å². The van der Waals surface area contributed by atoms with Gasteiger partial charge in [-0.25, -0.2) is 0 Å². The van der Waals surface area contributed by atoms with Gasteiger partial charge in [-0.05, 0) is 48.9 Å². The lowest BCUT2D eigenvalue weighted by Gasteiger charge is -2.21. The maximum Gasteiger partial charge on any atom is 0.446 e. The Hall–Kier alpha value is -1.70. The molecule has 1 N–H and O–H groups in total. The van der Waals surface area contributed by atoms with Gasteiger partial charge in [-0.1, -0.05) is 13.8 Å². The Labute approximate surface area is 143 Å². The Morgan fingerprint density at radius 2 is 1.75 bits per heavy atom. The number of nitrogens with one attached hydrogen (secondary N) is 1. The number of nitrogens with zero attached hydrogens (tertiary/aromatic N) is 1. The molecule has 0 aliphatic rings. The highest BCUT2D eigenvalue weighted by Crippen LogP contribution is 2.36. The van der Waals surface area contributed by atoms with Crippen LogP contribution in [0.2, 0.25) is 0 Å². The van der Waals surface area contributed by atoms with Gasteiger partial charge in [-0.15, -0.1) is 0 Å². The van der Waals surface area contributed by atoms with Crippen LogP contribution >= 0.6 is 11.8 Å². The Morgan fingerprint density at radius 1 is 1.12 bits per heavy atom. The first kappa shape index (κ1) is 20.3. The predicted molar refractivity (Wildman–Crippen MR) is 87.8 cm³/mol. The third kappa shape index (κ3) is 7.25. The summed E-state index contributed by atoms with van der Waals surface area (Å²) in [5.74, 6) is -0.616. The molecule has 0 heterocycles. The molecule has 0 spiro atoms. The number of hydrogen-bond donors (Lipinski definition) is 1. The normalized spacial score (nSPS) is 11.2. The van der Waals surface area contributed by atoms with Crippen LogP contribution in [0.5, 0.6) is 0 Å². The van der Waals surface area contributed by atoms with Crippen LogP contribution in [0.25, 0.3) is 0 Å². The molecule has 0 aliphatic heterocycles. The molecule has 134 valence electrons. The van der Waals surface area contributed by atoms with Gasteiger partial charge in [0.25, 0.3) is 5.91 Å². The molecule has 0 aromatic heterocycles. The Kier molecular flexibility index (Phi) is 8.10. The van der Waals surface area contributed by atoms with Crippen LogP contribution in [0.3, 0.4) is 0 Å². The van der Waals surface area contributed by atoms with Gasteiger partial charge in [0, 0.05) is 23.5 Å². The molecule has 1 aromatic carbocycles. The van der Waals surface area contributed by atoms with Gasteiger partial charge in [-0.3, -0.25) is 9.59 Å². The average molecular weight is 362 g/mol. The SMILES string of the molecule is CCCNC(=O)CN(CCC)C(=O)c1ccc(SC(F)(F)F)cc1. The van der Waals surface area contributed by atoms with Crippen molar-refractivity contribution in [2.24, 2.45) is 0 Å². The predicted octanol–water partition coefficient (Wildman–Crippen LogP) is 3.68. The summed E-state index contributed by atoms with van der Waals surface area (Å²) < 4.78 is 37.0. The Morgan fingerprint density at radius 3 is 2.25 bits per heavy atom. The van der Waals surface area contributed by atoms with E-state index in [0.717, 1.165) is 6.42 Å². The minimum absolute atomic E-state index is 0.0155. The molecule has 0 atom stereocenters. The van der Waals surface area contributed by atoms with Crippen molar-refractivity contribution in [2.45, 2.75) is 37.1 Å². The van der Waals surface area contributed by atoms with E-state index in [1.54, 1.807) is 0 Å². The summed E-state index contributed by atoms with van der Waals surface area (Å²) in [6.45, 7) is 4.68. The van der Waals surface area contributed by atoms with Crippen molar-refractivity contribution >= 4 is 23.6 Å². The van der Waals surface area contributed by atoms with Crippen LogP contribution in [0.1, 0.15) is 37.0 Å². The Bertz CT molecular complexity index is 547. The fourth-order valence-corrected chi connectivity index (χ4v) is 2.54. The molecule has 0 saturated heterocycles. The van der Waals surface area contributed by atoms with Gasteiger partial charge >= 0.3 is 5.51 Å². The van der Waals surface area contributed by atoms with Gasteiger partial charge in [0.05, 0.1) is 6.54 Å². The second-order valence-electron chi connectivity index (χ2n) is 5.15. The van der Waals surface area contributed by atoms with E-state index in [9.17, 15) is 22.8 Å². The number of amides is 2. The van der Waals surface area contributed by atoms with E-state index in [0.29, 0.717) is 19.5 Å². The van der Waals surface area contributed by atoms with Crippen molar-refractivity contribution < 1.29 is 22.8 Å². The number of alkyl halides is 3. The second-order valence-corrected chi connectivity index (χ2v) is 6.29. The summed E-state index contributed by atoms with van der Waals surface area (Å²) in [7, 11) is 0. The van der Waals surface area contributed by atoms with E-state index >= 15 is 0 Å². The number of thioether (sulfide) groups is 1. The minimum atomic E-state index is -4.36. The van der Waals surface area contributed by atoms with E-state index < -0.39 is 5.51 Å². The number of carbonyl (C=O) groups excluding carboxylic acids is 2. The standard InChI is InChI=1S/C16H21F3N2O2S/c1-3-9-20-14(22)11-21(10-4-2)15(23)12-5-7-13(8-6-12)24-16(17,18)19/h5-8H,3-4,9-11H2,1-2H3,(H,20,22). The molecule has 1 aromatic rings. The van der Waals surface area contributed by atoms with Gasteiger partial charge in [0.2, 0.25) is 5.91 Å². The molecule has 0 unspecified atom stereocenters. The zero-order chi connectivity index (χ0) is 18.2. The summed E-state index contributed by atoms with van der Waals surface area (Å²) >= 11 is -0.229. The van der Waals surface area contributed by atoms with Gasteiger partial charge < -0.3 is 10.2 Å². The fraction of sp³-hybridized carbons (Fsp3) is 0.500. The molecule has 1 rings (SSSR count). The third-order valence-electron chi connectivity index (χ3n) is 3.02. The van der Waals surface area contributed by atoms with Crippen LogP contribution in [0, 0.1) is 0 Å². The van der Waals surface area contributed by atoms with E-state index in [2.05, 4.69) is 5.32 Å². The molecule has 8 heteroatoms. The first-order chi connectivity index (χ1) is 11.3. The zero-order valence-electron chi connectivity index (χ0n) is 13.7. The summed E-state index contributed by atoms with van der Waals surface area (Å²) in [6, 6.07) is 5.21. The molecule has 0 aliphatic carbocycles. The van der Waals surface area contributed by atoms with Crippen LogP contribution in [0.4, 0.5) is 13.2 Å². The second kappa shape index (κ2) is 9.56. The maximum absolute atomic E-state index is 12.5. The monoisotopic (exact) mass is 362 g/mol. The van der Waals surface area contributed by atoms with E-state index in [4.69, 9.17) is 0 Å². The third-order valence-corrected chi connectivity index (χ3v) is 3.76. The molecule has 0 saturated carbocycles. The zero-order valence-corrected chi connectivity index (χ0v) is 14.5. The van der Waals surface area contributed by atoms with E-state index in [-0.39, 0.29) is 40.6 Å². The molecule has 0 radical (unpaired) electrons. The highest BCUT2D eigenvalue weighted by Gasteiger charge is 2.29. The molecule has 0 bridgehead atoms. The summed E-state index contributed by atoms with van der Waals surface area (Å²) in [5, 5.41) is 2.70. The largest absolute Gasteiger partial charge is 0.446 e. The molecule has 0 fully saturated rings. The van der Waals surface area contributed by atoms with E-state index in [1.165, 1.54) is 29.2 Å². The number of hydrogen-bond acceptors (Lipinski definition) is 3. The summed E-state index contributed by atoms with van der Waals surface area (Å²) in [4.78, 5) is 25.7. The lowest BCUT2D eigenvalue weighted by molar-refractivity contribution is -0.121. The number of carbonyl (C=O) groups is 2. The van der Waals surface area contributed by atoms with Crippen LogP contribution in [-0.4, -0.2) is 41.9 Å². The lowest BCUT2D eigenvalue weighted by Crippen LogP contribution is -2.41. The quantitative estimate of drug-likeness (QED) is 0.718. The van der Waals surface area contributed by atoms with Crippen molar-refractivity contribution in [1.29, 1.82) is 0 Å². The molecule has 2 amide bonds. The lowest BCUT2D eigenvalue weighted by atomic mass is 10.2. The van der Waals surface area contributed by atoms with Crippen LogP contribution < -0.4 is 5.32 Å². The summed E-state index contributed by atoms with van der Waals surface area (Å²) in [5.41, 5.74) is -4.10. The van der Waals surface area contributed by atoms with Gasteiger partial charge in [0.1, 0.15) is 0 Å². The molecular weight excluding hydrogens is 341 g/mol. The number of benzene rings is 1. The van der Waals surface area contributed by atoms with Gasteiger partial charge in [0.15, 0.2) is 0 Å². The number of halogens is 3. The van der Waals surface area contributed by atoms with Crippen LogP contribution in [0.15, 0.2) is 29.2 Å². The van der Waals surface area contributed by atoms with Crippen molar-refractivity contribution in [3.05, 3.63) is 29.8 Å². The Balaban J connectivity index is 2.77. The average Bonchev–Trinajstić information content (AvgIpc) is 2.51. The molecule has 24 heavy (non-hydrogen) atoms. The van der Waals surface area contributed by atoms with Crippen molar-refractivity contribution in [2.75, 3.05) is 19.6 Å².